The number of nitrogens with one attached hydrogen (secondary N) is 6. The molecule has 4 aromatic rings. The predicted octanol–water partition coefficient (Wildman–Crippen LogP) is 1.48. The summed E-state index contributed by atoms with van der Waals surface area (Å²) >= 11 is 0. The number of amides is 4. The summed E-state index contributed by atoms with van der Waals surface area (Å²) in [6.45, 7) is -1.58. The first kappa shape index (κ1) is 41.2. The highest BCUT2D eigenvalue weighted by Gasteiger charge is 2.33. The molecule has 6 N–H and O–H groups in total. The Balaban J connectivity index is 1.58. The van der Waals surface area contributed by atoms with Crippen molar-refractivity contribution in [3.63, 3.8) is 0 Å². The van der Waals surface area contributed by atoms with Crippen molar-refractivity contribution in [2.75, 3.05) is 20.9 Å². The van der Waals surface area contributed by atoms with Gasteiger partial charge in [0.15, 0.2) is 5.78 Å². The van der Waals surface area contributed by atoms with Gasteiger partial charge in [-0.1, -0.05) is 48.5 Å². The van der Waals surface area contributed by atoms with Gasteiger partial charge in [0.05, 0.1) is 27.0 Å². The Morgan fingerprint density at radius 1 is 0.745 bits per heavy atom. The van der Waals surface area contributed by atoms with Crippen molar-refractivity contribution in [1.29, 1.82) is 0 Å². The molecule has 0 fully saturated rings. The number of hydrogen-bond acceptors (Lipinski definition) is 11. The van der Waals surface area contributed by atoms with Crippen molar-refractivity contribution in [3.05, 3.63) is 90.1 Å². The number of alkyl halides is 1. The summed E-state index contributed by atoms with van der Waals surface area (Å²) in [5.74, 6) is -5.44. The molecule has 292 valence electrons. The zero-order valence-electron chi connectivity index (χ0n) is 30.1. The van der Waals surface area contributed by atoms with E-state index in [9.17, 15) is 38.0 Å². The van der Waals surface area contributed by atoms with Crippen LogP contribution in [0.15, 0.2) is 73.3 Å². The van der Waals surface area contributed by atoms with Crippen LogP contribution in [0.5, 0.6) is 0 Å². The second kappa shape index (κ2) is 20.6. The standard InChI is InChI=1S/C37H42FN7O10/c1-53-32(47)13-12-27(34(49)44-30(15-24-19-39-21-41-24)36(51)43-28(31(46)17-38)16-33(48)54-2)42-35(50)29(14-23-18-40-26-11-7-6-10-25(23)26)45-37(52)55-20-22-8-4-3-5-9-22/h3-11,18-19,21,27-30,40H,12-17,20H2,1-2H3,(H,39,41)(H,42,50)(H,43,51)(H,44,49)(H,45,52)/t27-,28-,29+,30-/m0/s1. The molecular weight excluding hydrogens is 721 g/mol. The molecule has 55 heavy (non-hydrogen) atoms. The number of carbonyl (C=O) groups is 7. The van der Waals surface area contributed by atoms with Crippen molar-refractivity contribution in [1.82, 2.24) is 36.2 Å². The molecule has 17 nitrogen and oxygen atoms in total. The minimum Gasteiger partial charge on any atom is -0.469 e. The number of imidazole rings is 1. The number of halogens is 1. The van der Waals surface area contributed by atoms with E-state index in [1.807, 2.05) is 24.3 Å². The van der Waals surface area contributed by atoms with E-state index in [1.165, 1.54) is 12.5 Å². The average molecular weight is 764 g/mol. The molecule has 4 atom stereocenters. The number of aromatic amines is 2. The molecule has 4 rings (SSSR count). The molecule has 18 heteroatoms. The lowest BCUT2D eigenvalue weighted by atomic mass is 10.0. The quantitative estimate of drug-likeness (QED) is 0.0557. The summed E-state index contributed by atoms with van der Waals surface area (Å²) in [6, 6.07) is 10.3. The minimum atomic E-state index is -1.61. The Morgan fingerprint density at radius 2 is 1.38 bits per heavy atom. The van der Waals surface area contributed by atoms with E-state index in [4.69, 9.17) is 9.47 Å². The van der Waals surface area contributed by atoms with Gasteiger partial charge in [-0.05, 0) is 23.6 Å². The number of Topliss-reactive ketones (excluding diaryl/α,β-unsaturated/α-hetero) is 1. The molecule has 4 amide bonds. The number of para-hydroxylation sites is 1. The third-order valence-corrected chi connectivity index (χ3v) is 8.47. The number of hydrogen-bond donors (Lipinski definition) is 6. The fourth-order valence-corrected chi connectivity index (χ4v) is 5.50. The molecule has 0 saturated carbocycles. The van der Waals surface area contributed by atoms with Gasteiger partial charge in [-0.15, -0.1) is 0 Å². The van der Waals surface area contributed by atoms with E-state index in [2.05, 4.69) is 41.0 Å². The normalized spacial score (nSPS) is 13.0. The van der Waals surface area contributed by atoms with Gasteiger partial charge in [0.25, 0.3) is 0 Å². The van der Waals surface area contributed by atoms with Crippen LogP contribution in [0.3, 0.4) is 0 Å². The van der Waals surface area contributed by atoms with Gasteiger partial charge in [0.1, 0.15) is 37.4 Å². The molecule has 0 spiro atoms. The lowest BCUT2D eigenvalue weighted by Gasteiger charge is -2.26. The number of ketones is 1. The number of nitrogens with zero attached hydrogens (tertiary/aromatic N) is 1. The summed E-state index contributed by atoms with van der Waals surface area (Å²) in [6.07, 6.45) is 1.89. The van der Waals surface area contributed by atoms with Crippen molar-refractivity contribution in [2.45, 2.75) is 62.9 Å². The summed E-state index contributed by atoms with van der Waals surface area (Å²) in [5.41, 5.74) is 2.51. The van der Waals surface area contributed by atoms with Crippen molar-refractivity contribution >= 4 is 52.4 Å². The van der Waals surface area contributed by atoms with Crippen LogP contribution in [0, 0.1) is 0 Å². The molecule has 0 unspecified atom stereocenters. The summed E-state index contributed by atoms with van der Waals surface area (Å²) in [5, 5.41) is 10.7. The van der Waals surface area contributed by atoms with Crippen molar-refractivity contribution in [3.8, 4) is 0 Å². The highest BCUT2D eigenvalue weighted by Crippen LogP contribution is 2.19. The van der Waals surface area contributed by atoms with Crippen molar-refractivity contribution < 1.29 is 52.2 Å². The van der Waals surface area contributed by atoms with Crippen LogP contribution < -0.4 is 21.3 Å². The van der Waals surface area contributed by atoms with E-state index >= 15 is 0 Å². The predicted molar refractivity (Wildman–Crippen MR) is 193 cm³/mol. The smallest absolute Gasteiger partial charge is 0.408 e. The third-order valence-electron chi connectivity index (χ3n) is 8.47. The van der Waals surface area contributed by atoms with Crippen LogP contribution >= 0.6 is 0 Å². The maximum absolute atomic E-state index is 14.0. The lowest BCUT2D eigenvalue weighted by molar-refractivity contribution is -0.144. The molecule has 0 aliphatic heterocycles. The van der Waals surface area contributed by atoms with Gasteiger partial charge in [0, 0.05) is 48.3 Å². The Hall–Kier alpha value is -6.59. The molecular formula is C37H42FN7O10. The fraction of sp³-hybridized carbons (Fsp3) is 0.351. The van der Waals surface area contributed by atoms with E-state index in [0.29, 0.717) is 16.8 Å². The SMILES string of the molecule is COC(=O)CC[C@H](NC(=O)[C@@H](Cc1c[nH]c2ccccc12)NC(=O)OCc1ccccc1)C(=O)N[C@@H](Cc1cnc[nH]1)C(=O)N[C@@H](CC(=O)OC)C(=O)CF. The van der Waals surface area contributed by atoms with Crippen LogP contribution in [0.1, 0.15) is 36.1 Å². The molecule has 2 aromatic carbocycles. The summed E-state index contributed by atoms with van der Waals surface area (Å²) in [4.78, 5) is 101. The Labute approximate surface area is 314 Å². The maximum atomic E-state index is 14.0. The van der Waals surface area contributed by atoms with E-state index in [-0.39, 0.29) is 32.3 Å². The highest BCUT2D eigenvalue weighted by molar-refractivity contribution is 5.97. The minimum absolute atomic E-state index is 0.0450. The highest BCUT2D eigenvalue weighted by atomic mass is 19.1. The Bertz CT molecular complexity index is 1940. The van der Waals surface area contributed by atoms with Crippen LogP contribution in [0.25, 0.3) is 10.9 Å². The molecule has 2 heterocycles. The first-order valence-corrected chi connectivity index (χ1v) is 17.1. The van der Waals surface area contributed by atoms with Crippen LogP contribution in [-0.2, 0) is 62.4 Å². The summed E-state index contributed by atoms with van der Waals surface area (Å²) in [7, 11) is 2.20. The molecule has 0 aliphatic carbocycles. The van der Waals surface area contributed by atoms with Crippen LogP contribution in [0.2, 0.25) is 0 Å². The number of esters is 2. The van der Waals surface area contributed by atoms with Crippen LogP contribution in [0.4, 0.5) is 9.18 Å². The average Bonchev–Trinajstić information content (AvgIpc) is 3.87. The van der Waals surface area contributed by atoms with E-state index in [0.717, 1.165) is 25.1 Å². The lowest BCUT2D eigenvalue weighted by Crippen LogP contribution is -2.58. The number of H-pyrrole nitrogens is 2. The van der Waals surface area contributed by atoms with Gasteiger partial charge < -0.3 is 45.4 Å². The molecule has 0 saturated heterocycles. The van der Waals surface area contributed by atoms with Crippen LogP contribution in [-0.4, -0.2) is 102 Å². The summed E-state index contributed by atoms with van der Waals surface area (Å²) < 4.78 is 28.0. The number of carbonyl (C=O) groups excluding carboxylic acids is 7. The largest absolute Gasteiger partial charge is 0.469 e. The topological polar surface area (TPSA) is 240 Å². The fourth-order valence-electron chi connectivity index (χ4n) is 5.50. The second-order valence-corrected chi connectivity index (χ2v) is 12.3. The van der Waals surface area contributed by atoms with Gasteiger partial charge >= 0.3 is 18.0 Å². The number of ether oxygens (including phenoxy) is 3. The van der Waals surface area contributed by atoms with Crippen molar-refractivity contribution in [2.24, 2.45) is 0 Å². The molecule has 0 bridgehead atoms. The van der Waals surface area contributed by atoms with E-state index < -0.39 is 78.8 Å². The Kier molecular flexibility index (Phi) is 15.4. The number of aromatic nitrogens is 3. The zero-order valence-corrected chi connectivity index (χ0v) is 30.1. The van der Waals surface area contributed by atoms with Gasteiger partial charge in [-0.3, -0.25) is 28.8 Å². The van der Waals surface area contributed by atoms with E-state index in [1.54, 1.807) is 36.5 Å². The molecule has 0 aliphatic rings. The van der Waals surface area contributed by atoms with Gasteiger partial charge in [-0.25, -0.2) is 14.2 Å². The third kappa shape index (κ3) is 12.5. The number of rotatable bonds is 20. The number of fused-ring (bicyclic) bond motifs is 1. The Morgan fingerprint density at radius 3 is 2.05 bits per heavy atom. The maximum Gasteiger partial charge on any atom is 0.408 e. The van der Waals surface area contributed by atoms with Gasteiger partial charge in [0.2, 0.25) is 17.7 Å². The number of alkyl carbamates (subject to hydrolysis) is 1. The first-order valence-electron chi connectivity index (χ1n) is 17.1. The second-order valence-electron chi connectivity index (χ2n) is 12.3. The number of benzene rings is 2. The number of methoxy groups -OCH3 is 2. The first-order chi connectivity index (χ1) is 26.5. The molecule has 0 radical (unpaired) electrons. The zero-order chi connectivity index (χ0) is 39.7. The molecule has 2 aromatic heterocycles. The monoisotopic (exact) mass is 763 g/mol. The van der Waals surface area contributed by atoms with Gasteiger partial charge in [-0.2, -0.15) is 0 Å².